The van der Waals surface area contributed by atoms with Gasteiger partial charge < -0.3 is 9.15 Å². The first-order chi connectivity index (χ1) is 15.3. The maximum atomic E-state index is 13.0. The number of furan rings is 1. The van der Waals surface area contributed by atoms with Gasteiger partial charge in [0.15, 0.2) is 4.32 Å². The Labute approximate surface area is 191 Å². The summed E-state index contributed by atoms with van der Waals surface area (Å²) in [5.74, 6) is 0.991. The average molecular weight is 476 g/mol. The van der Waals surface area contributed by atoms with Crippen LogP contribution in [-0.2, 0) is 11.0 Å². The van der Waals surface area contributed by atoms with Crippen LogP contribution in [0.1, 0.15) is 18.2 Å². The van der Waals surface area contributed by atoms with Gasteiger partial charge >= 0.3 is 6.18 Å². The monoisotopic (exact) mass is 475 g/mol. The van der Waals surface area contributed by atoms with Crippen LogP contribution in [0.3, 0.4) is 0 Å². The van der Waals surface area contributed by atoms with Crippen molar-refractivity contribution in [2.75, 3.05) is 11.5 Å². The minimum absolute atomic E-state index is 0.268. The van der Waals surface area contributed by atoms with Crippen LogP contribution in [0.25, 0.3) is 17.4 Å². The van der Waals surface area contributed by atoms with Crippen molar-refractivity contribution >= 4 is 46.0 Å². The highest BCUT2D eigenvalue weighted by Crippen LogP contribution is 2.37. The van der Waals surface area contributed by atoms with E-state index in [1.807, 2.05) is 6.92 Å². The van der Waals surface area contributed by atoms with E-state index < -0.39 is 11.7 Å². The molecule has 0 saturated carbocycles. The van der Waals surface area contributed by atoms with E-state index in [1.165, 1.54) is 23.1 Å². The van der Waals surface area contributed by atoms with E-state index in [0.29, 0.717) is 38.6 Å². The molecule has 9 heteroatoms. The van der Waals surface area contributed by atoms with Crippen LogP contribution in [0.4, 0.5) is 18.9 Å². The fourth-order valence-corrected chi connectivity index (χ4v) is 4.39. The second kappa shape index (κ2) is 8.84. The number of ether oxygens (including phenoxy) is 1. The molecular formula is C23H16F3NO3S2. The van der Waals surface area contributed by atoms with Gasteiger partial charge in [-0.15, -0.1) is 0 Å². The Morgan fingerprint density at radius 2 is 1.88 bits per heavy atom. The van der Waals surface area contributed by atoms with Gasteiger partial charge in [-0.2, -0.15) is 13.2 Å². The first-order valence-electron chi connectivity index (χ1n) is 9.54. The number of thiocarbonyl (C=S) groups is 1. The molecule has 164 valence electrons. The van der Waals surface area contributed by atoms with E-state index in [4.69, 9.17) is 21.4 Å². The van der Waals surface area contributed by atoms with Crippen LogP contribution in [0.5, 0.6) is 5.75 Å². The molecule has 0 unspecified atom stereocenters. The van der Waals surface area contributed by atoms with E-state index in [1.54, 1.807) is 36.4 Å². The summed E-state index contributed by atoms with van der Waals surface area (Å²) in [6.07, 6.45) is -2.91. The van der Waals surface area contributed by atoms with Crippen LogP contribution in [0, 0.1) is 0 Å². The topological polar surface area (TPSA) is 42.7 Å². The molecule has 4 nitrogen and oxygen atoms in total. The van der Waals surface area contributed by atoms with E-state index in [2.05, 4.69) is 0 Å². The number of carbonyl (C=O) groups excluding carboxylic acids is 1. The third-order valence-electron chi connectivity index (χ3n) is 4.57. The molecular weight excluding hydrogens is 459 g/mol. The Morgan fingerprint density at radius 1 is 1.12 bits per heavy atom. The lowest BCUT2D eigenvalue weighted by Gasteiger charge is -2.15. The molecule has 1 fully saturated rings. The van der Waals surface area contributed by atoms with E-state index >= 15 is 0 Å². The number of benzene rings is 2. The molecule has 1 aromatic heterocycles. The quantitative estimate of drug-likeness (QED) is 0.301. The predicted octanol–water partition coefficient (Wildman–Crippen LogP) is 6.77. The van der Waals surface area contributed by atoms with Gasteiger partial charge in [0.05, 0.1) is 22.8 Å². The molecule has 0 radical (unpaired) electrons. The van der Waals surface area contributed by atoms with Crippen molar-refractivity contribution in [3.05, 3.63) is 76.9 Å². The fraction of sp³-hybridized carbons (Fsp3) is 0.130. The number of nitrogens with zero attached hydrogens (tertiary/aromatic N) is 1. The largest absolute Gasteiger partial charge is 0.494 e. The second-order valence-corrected chi connectivity index (χ2v) is 8.40. The number of carbonyl (C=O) groups is 1. The van der Waals surface area contributed by atoms with E-state index in [-0.39, 0.29) is 11.7 Å². The first kappa shape index (κ1) is 22.2. The summed E-state index contributed by atoms with van der Waals surface area (Å²) < 4.78 is 50.4. The molecule has 2 aromatic carbocycles. The number of rotatable bonds is 5. The second-order valence-electron chi connectivity index (χ2n) is 6.72. The van der Waals surface area contributed by atoms with Gasteiger partial charge in [0, 0.05) is 11.6 Å². The number of halogens is 3. The fourth-order valence-electron chi connectivity index (χ4n) is 3.11. The lowest BCUT2D eigenvalue weighted by molar-refractivity contribution is -0.137. The highest BCUT2D eigenvalue weighted by Gasteiger charge is 2.34. The number of hydrogen-bond donors (Lipinski definition) is 0. The summed E-state index contributed by atoms with van der Waals surface area (Å²) in [6, 6.07) is 15.0. The lowest BCUT2D eigenvalue weighted by atomic mass is 10.1. The number of amides is 1. The zero-order valence-corrected chi connectivity index (χ0v) is 18.3. The van der Waals surface area contributed by atoms with Crippen molar-refractivity contribution in [3.63, 3.8) is 0 Å². The maximum Gasteiger partial charge on any atom is 0.416 e. The van der Waals surface area contributed by atoms with Gasteiger partial charge in [-0.3, -0.25) is 9.69 Å². The van der Waals surface area contributed by atoms with Gasteiger partial charge in [0.1, 0.15) is 17.3 Å². The summed E-state index contributed by atoms with van der Waals surface area (Å²) in [7, 11) is 0. The number of alkyl halides is 3. The van der Waals surface area contributed by atoms with Crippen LogP contribution in [-0.4, -0.2) is 16.8 Å². The molecule has 0 N–H and O–H groups in total. The van der Waals surface area contributed by atoms with Crippen molar-refractivity contribution in [3.8, 4) is 17.1 Å². The van der Waals surface area contributed by atoms with Gasteiger partial charge in [-0.05, 0) is 55.5 Å². The van der Waals surface area contributed by atoms with Crippen molar-refractivity contribution < 1.29 is 27.1 Å². The Bertz CT molecular complexity index is 1200. The summed E-state index contributed by atoms with van der Waals surface area (Å²) in [6.45, 7) is 2.42. The lowest BCUT2D eigenvalue weighted by Crippen LogP contribution is -2.27. The summed E-state index contributed by atoms with van der Waals surface area (Å²) in [4.78, 5) is 14.7. The van der Waals surface area contributed by atoms with Crippen LogP contribution >= 0.6 is 24.0 Å². The molecule has 0 bridgehead atoms. The summed E-state index contributed by atoms with van der Waals surface area (Å²) in [5.41, 5.74) is 0.147. The minimum atomic E-state index is -4.44. The number of thioether (sulfide) groups is 1. The molecule has 0 atom stereocenters. The van der Waals surface area contributed by atoms with Crippen molar-refractivity contribution in [1.29, 1.82) is 0 Å². The van der Waals surface area contributed by atoms with Crippen molar-refractivity contribution in [1.82, 2.24) is 0 Å². The minimum Gasteiger partial charge on any atom is -0.494 e. The number of anilines is 1. The summed E-state index contributed by atoms with van der Waals surface area (Å²) >= 11 is 6.49. The van der Waals surface area contributed by atoms with Crippen molar-refractivity contribution in [2.24, 2.45) is 0 Å². The molecule has 32 heavy (non-hydrogen) atoms. The Balaban J connectivity index is 1.56. The highest BCUT2D eigenvalue weighted by molar-refractivity contribution is 8.27. The summed E-state index contributed by atoms with van der Waals surface area (Å²) in [5, 5.41) is 0. The van der Waals surface area contributed by atoms with Crippen molar-refractivity contribution in [2.45, 2.75) is 13.1 Å². The van der Waals surface area contributed by atoms with E-state index in [0.717, 1.165) is 23.9 Å². The third kappa shape index (κ3) is 4.58. The van der Waals surface area contributed by atoms with Gasteiger partial charge in [0.2, 0.25) is 0 Å². The zero-order chi connectivity index (χ0) is 22.9. The maximum absolute atomic E-state index is 13.0. The molecule has 0 aliphatic carbocycles. The Morgan fingerprint density at radius 3 is 2.56 bits per heavy atom. The van der Waals surface area contributed by atoms with Gasteiger partial charge in [-0.1, -0.05) is 36.1 Å². The van der Waals surface area contributed by atoms with Gasteiger partial charge in [0.25, 0.3) is 5.91 Å². The van der Waals surface area contributed by atoms with Crippen LogP contribution in [0.15, 0.2) is 70.0 Å². The third-order valence-corrected chi connectivity index (χ3v) is 5.88. The van der Waals surface area contributed by atoms with Crippen LogP contribution < -0.4 is 9.64 Å². The average Bonchev–Trinajstić information content (AvgIpc) is 3.33. The SMILES string of the molecule is CCOc1ccc(N2C(=O)/C(=C\c3ccc(-c4cccc(C(F)(F)F)c4)o3)SC2=S)cc1. The Hall–Kier alpha value is -3.04. The molecule has 2 heterocycles. The first-order valence-corrected chi connectivity index (χ1v) is 10.8. The normalized spacial score (nSPS) is 15.6. The molecule has 1 aliphatic rings. The molecule has 1 amide bonds. The van der Waals surface area contributed by atoms with Crippen LogP contribution in [0.2, 0.25) is 0 Å². The predicted molar refractivity (Wildman–Crippen MR) is 122 cm³/mol. The number of hydrogen-bond acceptors (Lipinski definition) is 5. The molecule has 4 rings (SSSR count). The van der Waals surface area contributed by atoms with E-state index in [9.17, 15) is 18.0 Å². The molecule has 1 saturated heterocycles. The molecule has 1 aliphatic heterocycles. The van der Waals surface area contributed by atoms with Gasteiger partial charge in [-0.25, -0.2) is 0 Å². The highest BCUT2D eigenvalue weighted by atomic mass is 32.2. The smallest absolute Gasteiger partial charge is 0.416 e. The zero-order valence-electron chi connectivity index (χ0n) is 16.7. The standard InChI is InChI=1S/C23H16F3NO3S2/c1-2-29-17-8-6-16(7-9-17)27-21(28)20(32-22(27)31)13-18-10-11-19(30-18)14-4-3-5-15(12-14)23(24,25)26/h3-13H,2H2,1H3/b20-13+. The molecule has 0 spiro atoms. The molecule has 3 aromatic rings. The Kier molecular flexibility index (Phi) is 6.12.